The third kappa shape index (κ3) is 3.60. The number of amides is 1. The van der Waals surface area contributed by atoms with Crippen LogP contribution in [-0.2, 0) is 0 Å². The van der Waals surface area contributed by atoms with E-state index in [1.165, 1.54) is 7.11 Å². The smallest absolute Gasteiger partial charge is 0.254 e. The molecule has 0 aromatic heterocycles. The number of methoxy groups -OCH3 is 2. The highest BCUT2D eigenvalue weighted by atomic mass is 16.6. The number of carbonyl (C=O) groups is 2. The number of benzene rings is 2. The van der Waals surface area contributed by atoms with Crippen LogP contribution in [0.25, 0.3) is 0 Å². The lowest BCUT2D eigenvalue weighted by atomic mass is 10.0. The van der Waals surface area contributed by atoms with Crippen molar-refractivity contribution in [3.05, 3.63) is 47.5 Å². The lowest BCUT2D eigenvalue weighted by molar-refractivity contribution is 0.0670. The van der Waals surface area contributed by atoms with Gasteiger partial charge in [0, 0.05) is 17.7 Å². The molecule has 1 saturated heterocycles. The maximum atomic E-state index is 13.2. The second-order valence-electron chi connectivity index (χ2n) is 6.95. The van der Waals surface area contributed by atoms with Crippen molar-refractivity contribution in [3.8, 4) is 23.0 Å². The maximum Gasteiger partial charge on any atom is 0.254 e. The molecule has 1 atom stereocenters. The van der Waals surface area contributed by atoms with Crippen molar-refractivity contribution in [1.29, 1.82) is 0 Å². The second-order valence-corrected chi connectivity index (χ2v) is 6.95. The van der Waals surface area contributed by atoms with E-state index in [0.717, 1.165) is 6.42 Å². The molecule has 0 spiro atoms. The number of rotatable bonds is 5. The van der Waals surface area contributed by atoms with Crippen molar-refractivity contribution in [1.82, 2.24) is 4.90 Å². The number of fused-ring (bicyclic) bond motifs is 1. The number of Topliss-reactive ketones (excluding diaryl/α,β-unsaturated/α-hetero) is 1. The molecule has 2 heterocycles. The molecule has 7 heteroatoms. The molecule has 0 N–H and O–H groups in total. The Morgan fingerprint density at radius 1 is 1.00 bits per heavy atom. The van der Waals surface area contributed by atoms with Gasteiger partial charge in [-0.05, 0) is 49.2 Å². The van der Waals surface area contributed by atoms with Gasteiger partial charge in [0.05, 0.1) is 20.3 Å². The number of hydrogen-bond acceptors (Lipinski definition) is 6. The summed E-state index contributed by atoms with van der Waals surface area (Å²) in [5.74, 6) is 1.83. The van der Waals surface area contributed by atoms with Crippen LogP contribution in [0.15, 0.2) is 36.4 Å². The summed E-state index contributed by atoms with van der Waals surface area (Å²) in [6.45, 7) is 1.37. The Labute approximate surface area is 169 Å². The van der Waals surface area contributed by atoms with Crippen LogP contribution in [0.2, 0.25) is 0 Å². The van der Waals surface area contributed by atoms with E-state index in [9.17, 15) is 9.59 Å². The zero-order chi connectivity index (χ0) is 20.4. The average molecular weight is 397 g/mol. The topological polar surface area (TPSA) is 74.3 Å². The Hall–Kier alpha value is -3.22. The molecule has 0 radical (unpaired) electrons. The molecular weight excluding hydrogens is 374 g/mol. The molecule has 7 nitrogen and oxygen atoms in total. The van der Waals surface area contributed by atoms with Gasteiger partial charge in [-0.2, -0.15) is 0 Å². The lowest BCUT2D eigenvalue weighted by Gasteiger charge is -2.26. The molecule has 29 heavy (non-hydrogen) atoms. The fourth-order valence-corrected chi connectivity index (χ4v) is 3.79. The fourth-order valence-electron chi connectivity index (χ4n) is 3.79. The SMILES string of the molecule is COc1ccc(C(=O)[C@@H]2CCCN2C(=O)c2cc(OC)c3c(c2)OCCO3)cc1. The summed E-state index contributed by atoms with van der Waals surface area (Å²) < 4.78 is 21.8. The minimum Gasteiger partial charge on any atom is -0.497 e. The monoisotopic (exact) mass is 397 g/mol. The normalized spacial score (nSPS) is 17.7. The van der Waals surface area contributed by atoms with Crippen LogP contribution in [0.3, 0.4) is 0 Å². The van der Waals surface area contributed by atoms with Crippen molar-refractivity contribution >= 4 is 11.7 Å². The lowest BCUT2D eigenvalue weighted by Crippen LogP contribution is -2.40. The Balaban J connectivity index is 1.60. The molecule has 0 aliphatic carbocycles. The van der Waals surface area contributed by atoms with E-state index in [1.54, 1.807) is 48.4 Å². The first-order chi connectivity index (χ1) is 14.1. The van der Waals surface area contributed by atoms with E-state index in [1.807, 2.05) is 0 Å². The molecule has 2 aliphatic heterocycles. The van der Waals surface area contributed by atoms with Gasteiger partial charge in [0.25, 0.3) is 5.91 Å². The van der Waals surface area contributed by atoms with Crippen molar-refractivity contribution in [2.24, 2.45) is 0 Å². The molecule has 1 amide bonds. The first-order valence-electron chi connectivity index (χ1n) is 9.59. The van der Waals surface area contributed by atoms with E-state index in [0.29, 0.717) is 60.3 Å². The van der Waals surface area contributed by atoms with E-state index in [-0.39, 0.29) is 11.7 Å². The summed E-state index contributed by atoms with van der Waals surface area (Å²) in [7, 11) is 3.10. The largest absolute Gasteiger partial charge is 0.497 e. The van der Waals surface area contributed by atoms with Crippen LogP contribution >= 0.6 is 0 Å². The van der Waals surface area contributed by atoms with Crippen molar-refractivity contribution in [2.45, 2.75) is 18.9 Å². The standard InChI is InChI=1S/C22H23NO6/c1-26-16-7-5-14(6-8-16)20(24)17-4-3-9-23(17)22(25)15-12-18(27-2)21-19(13-15)28-10-11-29-21/h5-8,12-13,17H,3-4,9-11H2,1-2H3/t17-/m0/s1. The minimum atomic E-state index is -0.491. The van der Waals surface area contributed by atoms with Crippen LogP contribution < -0.4 is 18.9 Å². The highest BCUT2D eigenvalue weighted by molar-refractivity contribution is 6.05. The molecule has 1 fully saturated rings. The number of carbonyl (C=O) groups excluding carboxylic acids is 2. The summed E-state index contributed by atoms with van der Waals surface area (Å²) in [5.41, 5.74) is 0.982. The van der Waals surface area contributed by atoms with Gasteiger partial charge in [-0.15, -0.1) is 0 Å². The fraction of sp³-hybridized carbons (Fsp3) is 0.364. The van der Waals surface area contributed by atoms with Crippen LogP contribution in [0, 0.1) is 0 Å². The Kier molecular flexibility index (Phi) is 5.29. The predicted octanol–water partition coefficient (Wildman–Crippen LogP) is 2.96. The number of ether oxygens (including phenoxy) is 4. The van der Waals surface area contributed by atoms with Gasteiger partial charge < -0.3 is 23.8 Å². The summed E-state index contributed by atoms with van der Waals surface area (Å²) in [6, 6.07) is 9.77. The van der Waals surface area contributed by atoms with Crippen LogP contribution in [0.1, 0.15) is 33.6 Å². The molecule has 2 aliphatic rings. The minimum absolute atomic E-state index is 0.0667. The number of likely N-dealkylation sites (tertiary alicyclic amines) is 1. The van der Waals surface area contributed by atoms with Gasteiger partial charge in [0.1, 0.15) is 19.0 Å². The number of nitrogens with zero attached hydrogens (tertiary/aromatic N) is 1. The second kappa shape index (κ2) is 8.03. The van der Waals surface area contributed by atoms with E-state index >= 15 is 0 Å². The zero-order valence-corrected chi connectivity index (χ0v) is 16.5. The third-order valence-electron chi connectivity index (χ3n) is 5.27. The Morgan fingerprint density at radius 3 is 2.48 bits per heavy atom. The van der Waals surface area contributed by atoms with Crippen molar-refractivity contribution < 1.29 is 28.5 Å². The van der Waals surface area contributed by atoms with Gasteiger partial charge in [-0.3, -0.25) is 9.59 Å². The maximum absolute atomic E-state index is 13.2. The number of hydrogen-bond donors (Lipinski definition) is 0. The molecule has 4 rings (SSSR count). The van der Waals surface area contributed by atoms with Gasteiger partial charge in [0.15, 0.2) is 17.3 Å². The molecule has 0 bridgehead atoms. The van der Waals surface area contributed by atoms with Crippen LogP contribution in [0.5, 0.6) is 23.0 Å². The summed E-state index contributed by atoms with van der Waals surface area (Å²) in [6.07, 6.45) is 1.41. The predicted molar refractivity (Wildman–Crippen MR) is 105 cm³/mol. The molecule has 152 valence electrons. The van der Waals surface area contributed by atoms with Crippen molar-refractivity contribution in [2.75, 3.05) is 34.0 Å². The zero-order valence-electron chi connectivity index (χ0n) is 16.5. The summed E-state index contributed by atoms with van der Waals surface area (Å²) >= 11 is 0. The molecule has 2 aromatic rings. The summed E-state index contributed by atoms with van der Waals surface area (Å²) in [5, 5.41) is 0. The molecule has 2 aromatic carbocycles. The van der Waals surface area contributed by atoms with Gasteiger partial charge in [-0.25, -0.2) is 0 Å². The van der Waals surface area contributed by atoms with Crippen LogP contribution in [0.4, 0.5) is 0 Å². The molecule has 0 unspecified atom stereocenters. The van der Waals surface area contributed by atoms with E-state index in [4.69, 9.17) is 18.9 Å². The molecular formula is C22H23NO6. The Morgan fingerprint density at radius 2 is 1.76 bits per heavy atom. The van der Waals surface area contributed by atoms with Crippen LogP contribution in [-0.4, -0.2) is 56.6 Å². The first-order valence-corrected chi connectivity index (χ1v) is 9.59. The first kappa shape index (κ1) is 19.1. The van der Waals surface area contributed by atoms with Gasteiger partial charge in [-0.1, -0.05) is 0 Å². The number of ketones is 1. The van der Waals surface area contributed by atoms with Crippen molar-refractivity contribution in [3.63, 3.8) is 0 Å². The average Bonchev–Trinajstić information content (AvgIpc) is 3.27. The Bertz CT molecular complexity index is 906. The summed E-state index contributed by atoms with van der Waals surface area (Å²) in [4.78, 5) is 27.9. The van der Waals surface area contributed by atoms with E-state index in [2.05, 4.69) is 0 Å². The highest BCUT2D eigenvalue weighted by Gasteiger charge is 2.35. The third-order valence-corrected chi connectivity index (χ3v) is 5.27. The van der Waals surface area contributed by atoms with Gasteiger partial charge >= 0.3 is 0 Å². The van der Waals surface area contributed by atoms with Gasteiger partial charge in [0.2, 0.25) is 5.75 Å². The highest BCUT2D eigenvalue weighted by Crippen LogP contribution is 2.41. The van der Waals surface area contributed by atoms with E-state index < -0.39 is 6.04 Å². The quantitative estimate of drug-likeness (QED) is 0.722. The molecule has 0 saturated carbocycles.